The van der Waals surface area contributed by atoms with E-state index >= 15 is 0 Å². The smallest absolute Gasteiger partial charge is 0.119 e. The SMILES string of the molecule is CNC(Cc1nc2ccccc2s1)c1cccc(OC)c1. The van der Waals surface area contributed by atoms with Gasteiger partial charge in [-0.05, 0) is 36.9 Å². The van der Waals surface area contributed by atoms with E-state index in [0.717, 1.165) is 22.7 Å². The van der Waals surface area contributed by atoms with Crippen LogP contribution in [0.1, 0.15) is 16.6 Å². The maximum atomic E-state index is 5.31. The summed E-state index contributed by atoms with van der Waals surface area (Å²) in [5.74, 6) is 0.886. The molecule has 0 fully saturated rings. The summed E-state index contributed by atoms with van der Waals surface area (Å²) in [5, 5.41) is 4.52. The van der Waals surface area contributed by atoms with Gasteiger partial charge in [0, 0.05) is 12.5 Å². The Kier molecular flexibility index (Phi) is 4.18. The molecule has 0 saturated heterocycles. The van der Waals surface area contributed by atoms with E-state index in [0.29, 0.717) is 0 Å². The summed E-state index contributed by atoms with van der Waals surface area (Å²) in [5.41, 5.74) is 2.30. The summed E-state index contributed by atoms with van der Waals surface area (Å²) in [6.07, 6.45) is 0.878. The monoisotopic (exact) mass is 298 g/mol. The molecule has 0 spiro atoms. The Morgan fingerprint density at radius 1 is 1.19 bits per heavy atom. The molecule has 1 unspecified atom stereocenters. The van der Waals surface area contributed by atoms with Gasteiger partial charge in [-0.2, -0.15) is 0 Å². The molecule has 1 aromatic heterocycles. The molecule has 1 atom stereocenters. The molecule has 1 heterocycles. The molecule has 2 aromatic carbocycles. The van der Waals surface area contributed by atoms with Gasteiger partial charge in [0.05, 0.1) is 22.3 Å². The Balaban J connectivity index is 1.86. The van der Waals surface area contributed by atoms with Crippen molar-refractivity contribution in [2.75, 3.05) is 14.2 Å². The Morgan fingerprint density at radius 2 is 2.05 bits per heavy atom. The van der Waals surface area contributed by atoms with Crippen LogP contribution in [-0.4, -0.2) is 19.1 Å². The maximum Gasteiger partial charge on any atom is 0.119 e. The van der Waals surface area contributed by atoms with Crippen molar-refractivity contribution in [1.29, 1.82) is 0 Å². The third kappa shape index (κ3) is 3.06. The highest BCUT2D eigenvalue weighted by molar-refractivity contribution is 7.18. The van der Waals surface area contributed by atoms with Crippen molar-refractivity contribution in [2.24, 2.45) is 0 Å². The molecule has 108 valence electrons. The zero-order valence-corrected chi connectivity index (χ0v) is 13.0. The van der Waals surface area contributed by atoms with Crippen LogP contribution >= 0.6 is 11.3 Å². The minimum absolute atomic E-state index is 0.237. The summed E-state index contributed by atoms with van der Waals surface area (Å²) < 4.78 is 6.55. The minimum Gasteiger partial charge on any atom is -0.497 e. The fourth-order valence-corrected chi connectivity index (χ4v) is 3.44. The molecule has 4 heteroatoms. The number of fused-ring (bicyclic) bond motifs is 1. The quantitative estimate of drug-likeness (QED) is 0.778. The van der Waals surface area contributed by atoms with Crippen molar-refractivity contribution in [2.45, 2.75) is 12.5 Å². The number of benzene rings is 2. The zero-order chi connectivity index (χ0) is 14.7. The van der Waals surface area contributed by atoms with Crippen LogP contribution in [-0.2, 0) is 6.42 Å². The van der Waals surface area contributed by atoms with E-state index in [1.807, 2.05) is 25.2 Å². The highest BCUT2D eigenvalue weighted by Crippen LogP contribution is 2.27. The van der Waals surface area contributed by atoms with Crippen LogP contribution in [0.25, 0.3) is 10.2 Å². The second-order valence-electron chi connectivity index (χ2n) is 4.90. The van der Waals surface area contributed by atoms with Crippen LogP contribution in [0, 0.1) is 0 Å². The third-order valence-corrected chi connectivity index (χ3v) is 4.62. The van der Waals surface area contributed by atoms with Crippen LogP contribution in [0.4, 0.5) is 0 Å². The molecule has 0 amide bonds. The van der Waals surface area contributed by atoms with Crippen molar-refractivity contribution >= 4 is 21.6 Å². The van der Waals surface area contributed by atoms with Gasteiger partial charge < -0.3 is 10.1 Å². The van der Waals surface area contributed by atoms with Crippen molar-refractivity contribution in [3.05, 3.63) is 59.1 Å². The van der Waals surface area contributed by atoms with Crippen molar-refractivity contribution < 1.29 is 4.74 Å². The predicted molar refractivity (Wildman–Crippen MR) is 88.1 cm³/mol. The summed E-state index contributed by atoms with van der Waals surface area (Å²) in [6.45, 7) is 0. The van der Waals surface area contributed by atoms with Gasteiger partial charge in [0.25, 0.3) is 0 Å². The number of aromatic nitrogens is 1. The molecule has 0 radical (unpaired) electrons. The van der Waals surface area contributed by atoms with Gasteiger partial charge >= 0.3 is 0 Å². The molecule has 21 heavy (non-hydrogen) atoms. The number of hydrogen-bond donors (Lipinski definition) is 1. The largest absolute Gasteiger partial charge is 0.497 e. The Morgan fingerprint density at radius 3 is 2.81 bits per heavy atom. The summed E-state index contributed by atoms with van der Waals surface area (Å²) >= 11 is 1.76. The highest BCUT2D eigenvalue weighted by Gasteiger charge is 2.13. The highest BCUT2D eigenvalue weighted by atomic mass is 32.1. The number of rotatable bonds is 5. The molecule has 3 rings (SSSR count). The Labute approximate surface area is 128 Å². The van der Waals surface area contributed by atoms with Crippen LogP contribution in [0.2, 0.25) is 0 Å². The van der Waals surface area contributed by atoms with Gasteiger partial charge in [-0.3, -0.25) is 0 Å². The number of methoxy groups -OCH3 is 1. The van der Waals surface area contributed by atoms with E-state index in [-0.39, 0.29) is 6.04 Å². The lowest BCUT2D eigenvalue weighted by molar-refractivity contribution is 0.413. The number of ether oxygens (including phenoxy) is 1. The first-order valence-electron chi connectivity index (χ1n) is 6.96. The van der Waals surface area contributed by atoms with Crippen molar-refractivity contribution in [1.82, 2.24) is 10.3 Å². The van der Waals surface area contributed by atoms with Crippen LogP contribution in [0.15, 0.2) is 48.5 Å². The van der Waals surface area contributed by atoms with Crippen LogP contribution in [0.5, 0.6) is 5.75 Å². The first-order chi connectivity index (χ1) is 10.3. The zero-order valence-electron chi connectivity index (χ0n) is 12.2. The Bertz CT molecular complexity index is 705. The summed E-state index contributed by atoms with van der Waals surface area (Å²) in [7, 11) is 3.68. The lowest BCUT2D eigenvalue weighted by Gasteiger charge is -2.16. The number of likely N-dealkylation sites (N-methyl/N-ethyl adjacent to an activating group) is 1. The molecule has 0 aliphatic rings. The van der Waals surface area contributed by atoms with E-state index in [2.05, 4.69) is 35.6 Å². The van der Waals surface area contributed by atoms with E-state index in [9.17, 15) is 0 Å². The molecule has 3 aromatic rings. The van der Waals surface area contributed by atoms with E-state index in [1.165, 1.54) is 10.3 Å². The maximum absolute atomic E-state index is 5.31. The molecule has 1 N–H and O–H groups in total. The number of hydrogen-bond acceptors (Lipinski definition) is 4. The number of para-hydroxylation sites is 1. The van der Waals surface area contributed by atoms with Crippen LogP contribution < -0.4 is 10.1 Å². The first kappa shape index (κ1) is 14.0. The standard InChI is InChI=1S/C17H18N2OS/c1-18-15(12-6-5-7-13(10-12)20-2)11-17-19-14-8-3-4-9-16(14)21-17/h3-10,15,18H,11H2,1-2H3. The molecule has 0 aliphatic carbocycles. The fourth-order valence-electron chi connectivity index (χ4n) is 2.43. The normalized spacial score (nSPS) is 12.5. The van der Waals surface area contributed by atoms with Crippen LogP contribution in [0.3, 0.4) is 0 Å². The number of nitrogens with zero attached hydrogens (tertiary/aromatic N) is 1. The van der Waals surface area contributed by atoms with Gasteiger partial charge in [-0.1, -0.05) is 24.3 Å². The van der Waals surface area contributed by atoms with Gasteiger partial charge in [-0.15, -0.1) is 11.3 Å². The predicted octanol–water partition coefficient (Wildman–Crippen LogP) is 3.81. The molecule has 0 saturated carbocycles. The van der Waals surface area contributed by atoms with Crippen molar-refractivity contribution in [3.8, 4) is 5.75 Å². The van der Waals surface area contributed by atoms with Gasteiger partial charge in [0.1, 0.15) is 5.75 Å². The van der Waals surface area contributed by atoms with E-state index in [1.54, 1.807) is 18.4 Å². The molecule has 0 bridgehead atoms. The molecule has 3 nitrogen and oxygen atoms in total. The second kappa shape index (κ2) is 6.24. The van der Waals surface area contributed by atoms with E-state index < -0.39 is 0 Å². The average molecular weight is 298 g/mol. The first-order valence-corrected chi connectivity index (χ1v) is 7.77. The summed E-state index contributed by atoms with van der Waals surface area (Å²) in [4.78, 5) is 4.72. The van der Waals surface area contributed by atoms with Crippen molar-refractivity contribution in [3.63, 3.8) is 0 Å². The minimum atomic E-state index is 0.237. The van der Waals surface area contributed by atoms with Gasteiger partial charge in [0.15, 0.2) is 0 Å². The third-order valence-electron chi connectivity index (χ3n) is 3.56. The Hall–Kier alpha value is -1.91. The molecule has 0 aliphatic heterocycles. The molecular weight excluding hydrogens is 280 g/mol. The lowest BCUT2D eigenvalue weighted by Crippen LogP contribution is -2.18. The fraction of sp³-hybridized carbons (Fsp3) is 0.235. The molecular formula is C17H18N2OS. The topological polar surface area (TPSA) is 34.2 Å². The number of thiazole rings is 1. The number of nitrogens with one attached hydrogen (secondary N) is 1. The van der Waals surface area contributed by atoms with E-state index in [4.69, 9.17) is 9.72 Å². The van der Waals surface area contributed by atoms with Gasteiger partial charge in [-0.25, -0.2) is 4.98 Å². The summed E-state index contributed by atoms with van der Waals surface area (Å²) in [6, 6.07) is 16.7. The lowest BCUT2D eigenvalue weighted by atomic mass is 10.0. The average Bonchev–Trinajstić information content (AvgIpc) is 2.95. The second-order valence-corrected chi connectivity index (χ2v) is 6.01. The van der Waals surface area contributed by atoms with Gasteiger partial charge in [0.2, 0.25) is 0 Å².